The maximum absolute atomic E-state index is 13.8. The van der Waals surface area contributed by atoms with Crippen LogP contribution < -0.4 is 5.56 Å². The van der Waals surface area contributed by atoms with E-state index in [1.54, 1.807) is 30.1 Å². The second kappa shape index (κ2) is 9.85. The molecule has 0 fully saturated rings. The van der Waals surface area contributed by atoms with Crippen molar-refractivity contribution in [1.82, 2.24) is 24.5 Å². The highest BCUT2D eigenvalue weighted by molar-refractivity contribution is 6.04. The molecule has 2 heterocycles. The zero-order chi connectivity index (χ0) is 26.1. The van der Waals surface area contributed by atoms with Crippen LogP contribution in [0.2, 0.25) is 0 Å². The van der Waals surface area contributed by atoms with Crippen molar-refractivity contribution < 1.29 is 4.79 Å². The number of carbonyl (C=O) groups is 1. The molecule has 7 heteroatoms. The third-order valence-corrected chi connectivity index (χ3v) is 6.77. The third-order valence-electron chi connectivity index (χ3n) is 6.77. The lowest BCUT2D eigenvalue weighted by molar-refractivity contribution is 0.0778. The molecule has 0 aliphatic heterocycles. The molecule has 0 N–H and O–H groups in total. The van der Waals surface area contributed by atoms with Gasteiger partial charge < -0.3 is 4.90 Å². The summed E-state index contributed by atoms with van der Waals surface area (Å²) in [6.45, 7) is 6.70. The molecule has 37 heavy (non-hydrogen) atoms. The molecule has 0 aliphatic carbocycles. The molecular weight excluding hydrogens is 462 g/mol. The second-order valence-electron chi connectivity index (χ2n) is 9.35. The number of rotatable bonds is 6. The third kappa shape index (κ3) is 4.56. The zero-order valence-corrected chi connectivity index (χ0v) is 21.5. The van der Waals surface area contributed by atoms with E-state index in [4.69, 9.17) is 5.10 Å². The minimum Gasteiger partial charge on any atom is -0.336 e. The Bertz CT molecular complexity index is 1670. The van der Waals surface area contributed by atoms with Crippen LogP contribution in [0.5, 0.6) is 0 Å². The van der Waals surface area contributed by atoms with Crippen LogP contribution in [-0.2, 0) is 13.1 Å². The van der Waals surface area contributed by atoms with Gasteiger partial charge in [-0.3, -0.25) is 9.59 Å². The molecule has 0 bridgehead atoms. The fourth-order valence-corrected chi connectivity index (χ4v) is 4.69. The summed E-state index contributed by atoms with van der Waals surface area (Å²) in [4.78, 5) is 28.6. The standard InChI is InChI=1S/C30H29N5O2/c1-20-12-8-11-17-27(20)35-22(3)26(21(2)31-35)19-33(4)30(37)28-24-15-9-10-16-25(24)29(36)34(32-28)18-23-13-6-5-7-14-23/h5-17H,18-19H2,1-4H3. The van der Waals surface area contributed by atoms with Crippen molar-refractivity contribution >= 4 is 16.7 Å². The molecule has 0 aliphatic rings. The van der Waals surface area contributed by atoms with Crippen molar-refractivity contribution in [3.8, 4) is 5.69 Å². The maximum atomic E-state index is 13.8. The quantitative estimate of drug-likeness (QED) is 0.341. The van der Waals surface area contributed by atoms with Gasteiger partial charge in [-0.2, -0.15) is 10.2 Å². The van der Waals surface area contributed by atoms with E-state index < -0.39 is 0 Å². The Morgan fingerprint density at radius 1 is 0.838 bits per heavy atom. The number of carbonyl (C=O) groups excluding carboxylic acids is 1. The molecule has 0 radical (unpaired) electrons. The van der Waals surface area contributed by atoms with Crippen molar-refractivity contribution in [2.75, 3.05) is 7.05 Å². The van der Waals surface area contributed by atoms with Crippen molar-refractivity contribution in [3.05, 3.63) is 123 Å². The van der Waals surface area contributed by atoms with Crippen LogP contribution in [0, 0.1) is 20.8 Å². The molecule has 0 saturated carbocycles. The minimum atomic E-state index is -0.250. The Morgan fingerprint density at radius 3 is 2.22 bits per heavy atom. The van der Waals surface area contributed by atoms with Gasteiger partial charge in [0, 0.05) is 30.2 Å². The number of amides is 1. The molecule has 2 aromatic heterocycles. The highest BCUT2D eigenvalue weighted by atomic mass is 16.2. The Hall–Kier alpha value is -4.52. The molecule has 0 unspecified atom stereocenters. The number of fused-ring (bicyclic) bond motifs is 1. The lowest BCUT2D eigenvalue weighted by Crippen LogP contribution is -2.32. The first-order valence-electron chi connectivity index (χ1n) is 12.3. The summed E-state index contributed by atoms with van der Waals surface area (Å²) in [5, 5.41) is 10.4. The lowest BCUT2D eigenvalue weighted by atomic mass is 10.1. The summed E-state index contributed by atoms with van der Waals surface area (Å²) in [7, 11) is 1.76. The first-order valence-corrected chi connectivity index (χ1v) is 12.3. The van der Waals surface area contributed by atoms with Gasteiger partial charge >= 0.3 is 0 Å². The monoisotopic (exact) mass is 491 g/mol. The van der Waals surface area contributed by atoms with Crippen molar-refractivity contribution in [2.24, 2.45) is 0 Å². The number of aryl methyl sites for hydroxylation is 2. The summed E-state index contributed by atoms with van der Waals surface area (Å²) in [6, 6.07) is 24.9. The molecule has 1 amide bonds. The van der Waals surface area contributed by atoms with E-state index in [0.717, 1.165) is 33.8 Å². The highest BCUT2D eigenvalue weighted by Gasteiger charge is 2.23. The van der Waals surface area contributed by atoms with Crippen LogP contribution in [0.4, 0.5) is 0 Å². The first kappa shape index (κ1) is 24.2. The number of hydrogen-bond donors (Lipinski definition) is 0. The summed E-state index contributed by atoms with van der Waals surface area (Å²) >= 11 is 0. The van der Waals surface area contributed by atoms with E-state index in [9.17, 15) is 9.59 Å². The maximum Gasteiger partial charge on any atom is 0.274 e. The molecular formula is C30H29N5O2. The van der Waals surface area contributed by atoms with E-state index >= 15 is 0 Å². The number of aromatic nitrogens is 4. The first-order chi connectivity index (χ1) is 17.8. The molecule has 5 aromatic rings. The highest BCUT2D eigenvalue weighted by Crippen LogP contribution is 2.23. The van der Waals surface area contributed by atoms with Crippen LogP contribution in [0.25, 0.3) is 16.5 Å². The predicted octanol–water partition coefficient (Wildman–Crippen LogP) is 4.83. The van der Waals surface area contributed by atoms with Gasteiger partial charge in [0.05, 0.1) is 23.3 Å². The van der Waals surface area contributed by atoms with Crippen LogP contribution in [0.1, 0.15) is 38.6 Å². The van der Waals surface area contributed by atoms with Crippen molar-refractivity contribution in [3.63, 3.8) is 0 Å². The summed E-state index contributed by atoms with van der Waals surface area (Å²) in [5.74, 6) is -0.250. The van der Waals surface area contributed by atoms with Gasteiger partial charge in [0.15, 0.2) is 5.69 Å². The van der Waals surface area contributed by atoms with E-state index in [1.165, 1.54) is 4.68 Å². The average molecular weight is 492 g/mol. The van der Waals surface area contributed by atoms with E-state index in [0.29, 0.717) is 17.3 Å². The smallest absolute Gasteiger partial charge is 0.274 e. The number of nitrogens with zero attached hydrogens (tertiary/aromatic N) is 5. The van der Waals surface area contributed by atoms with Gasteiger partial charge in [-0.15, -0.1) is 0 Å². The topological polar surface area (TPSA) is 73.0 Å². The fraction of sp³-hybridized carbons (Fsp3) is 0.200. The van der Waals surface area contributed by atoms with Gasteiger partial charge in [-0.05, 0) is 44.0 Å². The van der Waals surface area contributed by atoms with Gasteiger partial charge in [0.2, 0.25) is 0 Å². The van der Waals surface area contributed by atoms with E-state index in [-0.39, 0.29) is 23.7 Å². The second-order valence-corrected chi connectivity index (χ2v) is 9.35. The molecule has 5 rings (SSSR count). The van der Waals surface area contributed by atoms with E-state index in [1.807, 2.05) is 73.1 Å². The summed E-state index contributed by atoms with van der Waals surface area (Å²) in [5.41, 5.74) is 5.96. The van der Waals surface area contributed by atoms with Gasteiger partial charge in [0.25, 0.3) is 11.5 Å². The predicted molar refractivity (Wildman–Crippen MR) is 145 cm³/mol. The van der Waals surface area contributed by atoms with Gasteiger partial charge in [-0.1, -0.05) is 66.7 Å². The average Bonchev–Trinajstić information content (AvgIpc) is 3.19. The van der Waals surface area contributed by atoms with Gasteiger partial charge in [0.1, 0.15) is 0 Å². The van der Waals surface area contributed by atoms with Gasteiger partial charge in [-0.25, -0.2) is 9.36 Å². The number of hydrogen-bond acceptors (Lipinski definition) is 4. The Morgan fingerprint density at radius 2 is 1.49 bits per heavy atom. The summed E-state index contributed by atoms with van der Waals surface area (Å²) < 4.78 is 3.32. The minimum absolute atomic E-state index is 0.218. The summed E-state index contributed by atoms with van der Waals surface area (Å²) in [6.07, 6.45) is 0. The zero-order valence-electron chi connectivity index (χ0n) is 21.5. The number of para-hydroxylation sites is 1. The van der Waals surface area contributed by atoms with Crippen molar-refractivity contribution in [2.45, 2.75) is 33.9 Å². The largest absolute Gasteiger partial charge is 0.336 e. The molecule has 3 aromatic carbocycles. The Balaban J connectivity index is 1.51. The van der Waals surface area contributed by atoms with Crippen LogP contribution in [-0.4, -0.2) is 37.4 Å². The fourth-order valence-electron chi connectivity index (χ4n) is 4.69. The Labute approximate surface area is 215 Å². The lowest BCUT2D eigenvalue weighted by Gasteiger charge is -2.19. The van der Waals surface area contributed by atoms with Crippen LogP contribution in [0.15, 0.2) is 83.7 Å². The van der Waals surface area contributed by atoms with E-state index in [2.05, 4.69) is 18.1 Å². The molecule has 0 atom stereocenters. The Kier molecular flexibility index (Phi) is 6.44. The van der Waals surface area contributed by atoms with Crippen LogP contribution in [0.3, 0.4) is 0 Å². The SMILES string of the molecule is Cc1ccccc1-n1nc(C)c(CN(C)C(=O)c2nn(Cc3ccccc3)c(=O)c3ccccc23)c1C. The molecule has 0 saturated heterocycles. The normalized spacial score (nSPS) is 11.1. The molecule has 186 valence electrons. The molecule has 0 spiro atoms. The van der Waals surface area contributed by atoms with Crippen LogP contribution >= 0.6 is 0 Å². The molecule has 7 nitrogen and oxygen atoms in total. The van der Waals surface area contributed by atoms with Crippen molar-refractivity contribution in [1.29, 1.82) is 0 Å². The number of benzene rings is 3.